The van der Waals surface area contributed by atoms with Crippen molar-refractivity contribution in [2.45, 2.75) is 26.2 Å². The quantitative estimate of drug-likeness (QED) is 0.585. The average molecular weight is 241 g/mol. The zero-order chi connectivity index (χ0) is 12.5. The summed E-state index contributed by atoms with van der Waals surface area (Å²) >= 11 is 0. The van der Waals surface area contributed by atoms with E-state index >= 15 is 0 Å². The lowest BCUT2D eigenvalue weighted by molar-refractivity contribution is 0.103. The molecule has 1 aromatic carbocycles. The SMILES string of the molecule is Cc1cccc(C(=O)/C=C2\CC3CCN2CC3)c1. The summed E-state index contributed by atoms with van der Waals surface area (Å²) in [6.07, 6.45) is 5.56. The lowest BCUT2D eigenvalue weighted by Crippen LogP contribution is -2.39. The van der Waals surface area contributed by atoms with Gasteiger partial charge in [0.05, 0.1) is 0 Å². The van der Waals surface area contributed by atoms with Gasteiger partial charge in [-0.15, -0.1) is 0 Å². The number of allylic oxidation sites excluding steroid dienone is 2. The number of ketones is 1. The van der Waals surface area contributed by atoms with Crippen LogP contribution < -0.4 is 0 Å². The Bertz CT molecular complexity index is 496. The highest BCUT2D eigenvalue weighted by Crippen LogP contribution is 2.34. The second kappa shape index (κ2) is 4.60. The Morgan fingerprint density at radius 3 is 2.72 bits per heavy atom. The highest BCUT2D eigenvalue weighted by molar-refractivity contribution is 6.05. The number of hydrogen-bond donors (Lipinski definition) is 0. The molecule has 3 heterocycles. The third-order valence-corrected chi connectivity index (χ3v) is 4.12. The van der Waals surface area contributed by atoms with Crippen LogP contribution in [0.2, 0.25) is 0 Å². The van der Waals surface area contributed by atoms with E-state index < -0.39 is 0 Å². The van der Waals surface area contributed by atoms with Gasteiger partial charge in [-0.25, -0.2) is 0 Å². The number of benzene rings is 1. The van der Waals surface area contributed by atoms with Gasteiger partial charge >= 0.3 is 0 Å². The maximum absolute atomic E-state index is 12.2. The normalized spacial score (nSPS) is 21.6. The summed E-state index contributed by atoms with van der Waals surface area (Å²) in [5.41, 5.74) is 3.21. The summed E-state index contributed by atoms with van der Waals surface area (Å²) in [6, 6.07) is 7.85. The van der Waals surface area contributed by atoms with E-state index in [4.69, 9.17) is 0 Å². The van der Waals surface area contributed by atoms with E-state index in [2.05, 4.69) is 4.90 Å². The van der Waals surface area contributed by atoms with Crippen LogP contribution >= 0.6 is 0 Å². The maximum atomic E-state index is 12.2. The van der Waals surface area contributed by atoms with Crippen molar-refractivity contribution < 1.29 is 4.79 Å². The lowest BCUT2D eigenvalue weighted by atomic mass is 9.85. The fourth-order valence-corrected chi connectivity index (χ4v) is 3.03. The number of carbonyl (C=O) groups is 1. The molecule has 0 unspecified atom stereocenters. The van der Waals surface area contributed by atoms with E-state index in [9.17, 15) is 4.79 Å². The van der Waals surface area contributed by atoms with Crippen molar-refractivity contribution in [3.63, 3.8) is 0 Å². The zero-order valence-corrected chi connectivity index (χ0v) is 10.9. The van der Waals surface area contributed by atoms with Crippen molar-refractivity contribution in [2.24, 2.45) is 5.92 Å². The molecule has 3 aliphatic rings. The Labute approximate surface area is 108 Å². The molecule has 0 saturated carbocycles. The molecule has 0 N–H and O–H groups in total. The molecular formula is C16H19NO. The number of carbonyl (C=O) groups excluding carboxylic acids is 1. The third-order valence-electron chi connectivity index (χ3n) is 4.12. The van der Waals surface area contributed by atoms with Gasteiger partial charge in [0, 0.05) is 30.4 Å². The van der Waals surface area contributed by atoms with E-state index in [0.29, 0.717) is 0 Å². The number of aryl methyl sites for hydroxylation is 1. The van der Waals surface area contributed by atoms with Crippen LogP contribution in [0.4, 0.5) is 0 Å². The molecule has 0 aliphatic carbocycles. The molecule has 0 spiro atoms. The van der Waals surface area contributed by atoms with Crippen molar-refractivity contribution in [2.75, 3.05) is 13.1 Å². The molecule has 3 saturated heterocycles. The Kier molecular flexibility index (Phi) is 2.94. The summed E-state index contributed by atoms with van der Waals surface area (Å²) in [5, 5.41) is 0. The molecule has 3 fully saturated rings. The first kappa shape index (κ1) is 11.5. The van der Waals surface area contributed by atoms with Crippen LogP contribution in [-0.4, -0.2) is 23.8 Å². The largest absolute Gasteiger partial charge is 0.375 e. The Morgan fingerprint density at radius 1 is 1.33 bits per heavy atom. The van der Waals surface area contributed by atoms with E-state index in [1.807, 2.05) is 37.3 Å². The zero-order valence-electron chi connectivity index (χ0n) is 10.9. The van der Waals surface area contributed by atoms with Crippen LogP contribution in [0.15, 0.2) is 36.0 Å². The van der Waals surface area contributed by atoms with Crippen LogP contribution in [0, 0.1) is 12.8 Å². The van der Waals surface area contributed by atoms with E-state index in [1.165, 1.54) is 18.5 Å². The summed E-state index contributed by atoms with van der Waals surface area (Å²) in [5.74, 6) is 0.966. The van der Waals surface area contributed by atoms with Crippen molar-refractivity contribution in [3.05, 3.63) is 47.2 Å². The Morgan fingerprint density at radius 2 is 2.11 bits per heavy atom. The second-order valence-corrected chi connectivity index (χ2v) is 5.50. The standard InChI is InChI=1S/C16H19NO/c1-12-3-2-4-14(9-12)16(18)11-15-10-13-5-7-17(15)8-6-13/h2-4,9,11,13H,5-8,10H2,1H3/b15-11+. The van der Waals surface area contributed by atoms with Gasteiger partial charge in [0.2, 0.25) is 0 Å². The second-order valence-electron chi connectivity index (χ2n) is 5.50. The van der Waals surface area contributed by atoms with Crippen LogP contribution in [0.25, 0.3) is 0 Å². The smallest absolute Gasteiger partial charge is 0.187 e. The van der Waals surface area contributed by atoms with Gasteiger partial charge in [-0.3, -0.25) is 4.79 Å². The average Bonchev–Trinajstić information content (AvgIpc) is 2.40. The van der Waals surface area contributed by atoms with Gasteiger partial charge in [-0.05, 0) is 38.2 Å². The number of rotatable bonds is 2. The summed E-state index contributed by atoms with van der Waals surface area (Å²) in [4.78, 5) is 14.6. The molecule has 2 nitrogen and oxygen atoms in total. The Balaban J connectivity index is 1.81. The molecule has 4 rings (SSSR count). The molecule has 0 amide bonds. The molecule has 1 aromatic rings. The van der Waals surface area contributed by atoms with Crippen LogP contribution in [0.3, 0.4) is 0 Å². The first-order valence-electron chi connectivity index (χ1n) is 6.79. The lowest BCUT2D eigenvalue weighted by Gasteiger charge is -2.42. The van der Waals surface area contributed by atoms with Crippen molar-refractivity contribution in [1.82, 2.24) is 4.90 Å². The first-order chi connectivity index (χ1) is 8.72. The molecule has 3 aliphatic heterocycles. The maximum Gasteiger partial charge on any atom is 0.187 e. The minimum absolute atomic E-state index is 0.154. The van der Waals surface area contributed by atoms with Crippen molar-refractivity contribution in [1.29, 1.82) is 0 Å². The van der Waals surface area contributed by atoms with Crippen molar-refractivity contribution >= 4 is 5.78 Å². The fraction of sp³-hybridized carbons (Fsp3) is 0.438. The Hall–Kier alpha value is -1.57. The predicted molar refractivity (Wildman–Crippen MR) is 72.5 cm³/mol. The number of piperidine rings is 3. The first-order valence-corrected chi connectivity index (χ1v) is 6.79. The van der Waals surface area contributed by atoms with Gasteiger partial charge in [0.1, 0.15) is 0 Å². The summed E-state index contributed by atoms with van der Waals surface area (Å²) in [7, 11) is 0. The highest BCUT2D eigenvalue weighted by atomic mass is 16.1. The van der Waals surface area contributed by atoms with Gasteiger partial charge < -0.3 is 4.90 Å². The van der Waals surface area contributed by atoms with E-state index in [-0.39, 0.29) is 5.78 Å². The van der Waals surface area contributed by atoms with Gasteiger partial charge in [0.15, 0.2) is 5.78 Å². The van der Waals surface area contributed by atoms with Crippen LogP contribution in [0.5, 0.6) is 0 Å². The fourth-order valence-electron chi connectivity index (χ4n) is 3.03. The highest BCUT2D eigenvalue weighted by Gasteiger charge is 2.28. The van der Waals surface area contributed by atoms with Crippen LogP contribution in [-0.2, 0) is 0 Å². The molecule has 94 valence electrons. The van der Waals surface area contributed by atoms with E-state index in [0.717, 1.165) is 36.6 Å². The van der Waals surface area contributed by atoms with E-state index in [1.54, 1.807) is 0 Å². The van der Waals surface area contributed by atoms with Gasteiger partial charge in [0.25, 0.3) is 0 Å². The predicted octanol–water partition coefficient (Wildman–Crippen LogP) is 3.18. The number of hydrogen-bond acceptors (Lipinski definition) is 2. The van der Waals surface area contributed by atoms with Crippen molar-refractivity contribution in [3.8, 4) is 0 Å². The van der Waals surface area contributed by atoms with Gasteiger partial charge in [-0.1, -0.05) is 23.8 Å². The van der Waals surface area contributed by atoms with Gasteiger partial charge in [-0.2, -0.15) is 0 Å². The molecular weight excluding hydrogens is 222 g/mol. The minimum Gasteiger partial charge on any atom is -0.375 e. The third kappa shape index (κ3) is 2.20. The molecule has 18 heavy (non-hydrogen) atoms. The topological polar surface area (TPSA) is 20.3 Å². The van der Waals surface area contributed by atoms with Crippen LogP contribution in [0.1, 0.15) is 35.2 Å². The molecule has 0 atom stereocenters. The summed E-state index contributed by atoms with van der Waals surface area (Å²) < 4.78 is 0. The molecule has 2 heteroatoms. The molecule has 2 bridgehead atoms. The molecule has 0 radical (unpaired) electrons. The molecule has 0 aromatic heterocycles. The number of nitrogens with zero attached hydrogens (tertiary/aromatic N) is 1. The minimum atomic E-state index is 0.154. The summed E-state index contributed by atoms with van der Waals surface area (Å²) in [6.45, 7) is 4.30. The monoisotopic (exact) mass is 241 g/mol. The number of fused-ring (bicyclic) bond motifs is 3.